The van der Waals surface area contributed by atoms with Crippen molar-refractivity contribution < 1.29 is 14.3 Å². The van der Waals surface area contributed by atoms with Gasteiger partial charge in [-0.3, -0.25) is 4.79 Å². The summed E-state index contributed by atoms with van der Waals surface area (Å²) in [5.41, 5.74) is 1.12. The molecule has 0 bridgehead atoms. The van der Waals surface area contributed by atoms with E-state index in [2.05, 4.69) is 5.32 Å². The van der Waals surface area contributed by atoms with E-state index in [9.17, 15) is 4.79 Å². The van der Waals surface area contributed by atoms with Crippen LogP contribution in [0, 0.1) is 0 Å². The number of ether oxygens (including phenoxy) is 2. The number of carbonyl (C=O) groups excluding carboxylic acids is 1. The number of hydrogen-bond donors (Lipinski definition) is 1. The van der Waals surface area contributed by atoms with E-state index in [0.29, 0.717) is 6.54 Å². The number of carbonyl (C=O) groups is 1. The minimum Gasteiger partial charge on any atom is -0.454 e. The molecule has 0 atom stereocenters. The van der Waals surface area contributed by atoms with Crippen LogP contribution in [0.15, 0.2) is 35.7 Å². The van der Waals surface area contributed by atoms with Crippen molar-refractivity contribution in [1.29, 1.82) is 0 Å². The molecule has 1 aliphatic rings. The van der Waals surface area contributed by atoms with E-state index in [-0.39, 0.29) is 12.7 Å². The van der Waals surface area contributed by atoms with Crippen molar-refractivity contribution in [3.05, 3.63) is 46.2 Å². The maximum Gasteiger partial charge on any atom is 0.261 e. The molecule has 0 saturated carbocycles. The van der Waals surface area contributed by atoms with Crippen LogP contribution in [-0.2, 0) is 6.42 Å². The Morgan fingerprint density at radius 1 is 1.26 bits per heavy atom. The standard InChI is InChI=1S/C14H13NO3S/c16-14(13-2-1-7-19-13)15-6-5-10-3-4-11-12(8-10)18-9-17-11/h1-4,7-8H,5-6,9H2,(H,15,16). The normalized spacial score (nSPS) is 12.4. The largest absolute Gasteiger partial charge is 0.454 e. The third-order valence-corrected chi connectivity index (χ3v) is 3.75. The van der Waals surface area contributed by atoms with Gasteiger partial charge < -0.3 is 14.8 Å². The van der Waals surface area contributed by atoms with Crippen LogP contribution in [0.4, 0.5) is 0 Å². The Morgan fingerprint density at radius 2 is 2.16 bits per heavy atom. The molecule has 1 N–H and O–H groups in total. The van der Waals surface area contributed by atoms with Gasteiger partial charge in [-0.2, -0.15) is 0 Å². The van der Waals surface area contributed by atoms with Crippen LogP contribution in [0.3, 0.4) is 0 Å². The molecule has 0 radical (unpaired) electrons. The first-order chi connectivity index (χ1) is 9.33. The molecule has 3 rings (SSSR count). The van der Waals surface area contributed by atoms with Crippen molar-refractivity contribution in [2.75, 3.05) is 13.3 Å². The van der Waals surface area contributed by atoms with Crippen LogP contribution in [0.25, 0.3) is 0 Å². The highest BCUT2D eigenvalue weighted by molar-refractivity contribution is 7.12. The number of benzene rings is 1. The average Bonchev–Trinajstić information content (AvgIpc) is 3.09. The Balaban J connectivity index is 1.54. The van der Waals surface area contributed by atoms with Gasteiger partial charge in [-0.25, -0.2) is 0 Å². The Kier molecular flexibility index (Phi) is 3.37. The molecule has 4 nitrogen and oxygen atoms in total. The van der Waals surface area contributed by atoms with Gasteiger partial charge >= 0.3 is 0 Å². The summed E-state index contributed by atoms with van der Waals surface area (Å²) in [7, 11) is 0. The highest BCUT2D eigenvalue weighted by Crippen LogP contribution is 2.32. The Bertz CT molecular complexity index is 580. The topological polar surface area (TPSA) is 47.6 Å². The van der Waals surface area contributed by atoms with Gasteiger partial charge in [0.1, 0.15) is 0 Å². The van der Waals surface area contributed by atoms with E-state index in [4.69, 9.17) is 9.47 Å². The zero-order chi connectivity index (χ0) is 13.1. The monoisotopic (exact) mass is 275 g/mol. The lowest BCUT2D eigenvalue weighted by atomic mass is 10.1. The van der Waals surface area contributed by atoms with Crippen LogP contribution < -0.4 is 14.8 Å². The lowest BCUT2D eigenvalue weighted by Crippen LogP contribution is -2.24. The average molecular weight is 275 g/mol. The second-order valence-electron chi connectivity index (χ2n) is 4.17. The fraction of sp³-hybridized carbons (Fsp3) is 0.214. The SMILES string of the molecule is O=C(NCCc1ccc2c(c1)OCO2)c1cccs1. The molecule has 1 aromatic carbocycles. The Labute approximate surface area is 115 Å². The fourth-order valence-corrected chi connectivity index (χ4v) is 2.55. The zero-order valence-electron chi connectivity index (χ0n) is 10.2. The summed E-state index contributed by atoms with van der Waals surface area (Å²) in [5, 5.41) is 4.80. The number of nitrogens with one attached hydrogen (secondary N) is 1. The van der Waals surface area contributed by atoms with Gasteiger partial charge in [-0.1, -0.05) is 12.1 Å². The number of thiophene rings is 1. The first-order valence-electron chi connectivity index (χ1n) is 6.03. The van der Waals surface area contributed by atoms with Gasteiger partial charge in [0.2, 0.25) is 6.79 Å². The molecule has 1 amide bonds. The number of hydrogen-bond acceptors (Lipinski definition) is 4. The van der Waals surface area contributed by atoms with E-state index in [0.717, 1.165) is 28.4 Å². The lowest BCUT2D eigenvalue weighted by Gasteiger charge is -2.05. The van der Waals surface area contributed by atoms with Crippen molar-refractivity contribution in [3.8, 4) is 11.5 Å². The number of rotatable bonds is 4. The van der Waals surface area contributed by atoms with Crippen molar-refractivity contribution >= 4 is 17.2 Å². The summed E-state index contributed by atoms with van der Waals surface area (Å²) in [6.07, 6.45) is 0.772. The van der Waals surface area contributed by atoms with Gasteiger partial charge in [0.15, 0.2) is 11.5 Å². The zero-order valence-corrected chi connectivity index (χ0v) is 11.0. The van der Waals surface area contributed by atoms with E-state index in [1.54, 1.807) is 0 Å². The molecule has 1 aliphatic heterocycles. The molecule has 0 saturated heterocycles. The maximum atomic E-state index is 11.7. The van der Waals surface area contributed by atoms with Crippen molar-refractivity contribution in [3.63, 3.8) is 0 Å². The maximum absolute atomic E-state index is 11.7. The predicted molar refractivity (Wildman–Crippen MR) is 72.9 cm³/mol. The number of amides is 1. The molecule has 0 fully saturated rings. The summed E-state index contributed by atoms with van der Waals surface area (Å²) < 4.78 is 10.6. The molecule has 19 heavy (non-hydrogen) atoms. The summed E-state index contributed by atoms with van der Waals surface area (Å²) in [6.45, 7) is 0.893. The minimum absolute atomic E-state index is 0.0178. The van der Waals surface area contributed by atoms with Gasteiger partial charge in [0.05, 0.1) is 4.88 Å². The van der Waals surface area contributed by atoms with Crippen LogP contribution in [-0.4, -0.2) is 19.2 Å². The lowest BCUT2D eigenvalue weighted by molar-refractivity contribution is 0.0958. The minimum atomic E-state index is -0.0178. The molecular weight excluding hydrogens is 262 g/mol. The number of fused-ring (bicyclic) bond motifs is 1. The second-order valence-corrected chi connectivity index (χ2v) is 5.12. The molecule has 0 unspecified atom stereocenters. The molecular formula is C14H13NO3S. The van der Waals surface area contributed by atoms with Crippen LogP contribution in [0.1, 0.15) is 15.2 Å². The predicted octanol–water partition coefficient (Wildman–Crippen LogP) is 2.45. The molecule has 2 aromatic rings. The second kappa shape index (κ2) is 5.32. The molecule has 2 heterocycles. The van der Waals surface area contributed by atoms with E-state index < -0.39 is 0 Å². The quantitative estimate of drug-likeness (QED) is 0.932. The third kappa shape index (κ3) is 2.71. The van der Waals surface area contributed by atoms with E-state index >= 15 is 0 Å². The van der Waals surface area contributed by atoms with Gasteiger partial charge in [-0.15, -0.1) is 11.3 Å². The fourth-order valence-electron chi connectivity index (χ4n) is 1.91. The van der Waals surface area contributed by atoms with Crippen molar-refractivity contribution in [2.24, 2.45) is 0 Å². The summed E-state index contributed by atoms with van der Waals surface area (Å²) in [6, 6.07) is 9.54. The molecule has 98 valence electrons. The molecule has 5 heteroatoms. The van der Waals surface area contributed by atoms with E-state index in [1.165, 1.54) is 11.3 Å². The highest BCUT2D eigenvalue weighted by Gasteiger charge is 2.13. The van der Waals surface area contributed by atoms with Gasteiger partial charge in [0, 0.05) is 6.54 Å². The van der Waals surface area contributed by atoms with Crippen LogP contribution in [0.2, 0.25) is 0 Å². The van der Waals surface area contributed by atoms with Crippen molar-refractivity contribution in [2.45, 2.75) is 6.42 Å². The van der Waals surface area contributed by atoms with Crippen molar-refractivity contribution in [1.82, 2.24) is 5.32 Å². The van der Waals surface area contributed by atoms with Crippen LogP contribution in [0.5, 0.6) is 11.5 Å². The summed E-state index contributed by atoms with van der Waals surface area (Å²) >= 11 is 1.44. The van der Waals surface area contributed by atoms with E-state index in [1.807, 2.05) is 35.7 Å². The smallest absolute Gasteiger partial charge is 0.261 e. The molecule has 1 aromatic heterocycles. The Morgan fingerprint density at radius 3 is 3.00 bits per heavy atom. The first kappa shape index (κ1) is 12.0. The highest BCUT2D eigenvalue weighted by atomic mass is 32.1. The first-order valence-corrected chi connectivity index (χ1v) is 6.91. The Hall–Kier alpha value is -2.01. The van der Waals surface area contributed by atoms with Crippen LogP contribution >= 0.6 is 11.3 Å². The summed E-state index contributed by atoms with van der Waals surface area (Å²) in [4.78, 5) is 12.5. The molecule has 0 aliphatic carbocycles. The summed E-state index contributed by atoms with van der Waals surface area (Å²) in [5.74, 6) is 1.55. The third-order valence-electron chi connectivity index (χ3n) is 2.88. The van der Waals surface area contributed by atoms with Gasteiger partial charge in [-0.05, 0) is 35.6 Å². The van der Waals surface area contributed by atoms with Gasteiger partial charge in [0.25, 0.3) is 5.91 Å². The molecule has 0 spiro atoms.